The Morgan fingerprint density at radius 3 is 1.61 bits per heavy atom. The van der Waals surface area contributed by atoms with Gasteiger partial charge in [-0.3, -0.25) is 0 Å². The fourth-order valence-corrected chi connectivity index (χ4v) is 6.28. The van der Waals surface area contributed by atoms with Crippen molar-refractivity contribution < 1.29 is 17.0 Å². The maximum Gasteiger partial charge on any atom is 0.195 e. The monoisotopic (exact) mass is 442 g/mol. The summed E-state index contributed by atoms with van der Waals surface area (Å²) in [5.41, 5.74) is 3.96. The highest BCUT2D eigenvalue weighted by atomic mass is 79.9. The van der Waals surface area contributed by atoms with Crippen LogP contribution in [0.15, 0.2) is 115 Å². The molecule has 1 aromatic heterocycles. The van der Waals surface area contributed by atoms with Crippen LogP contribution in [0.5, 0.6) is 0 Å². The first-order valence-electron chi connectivity index (χ1n) is 9.17. The molecule has 136 valence electrons. The lowest BCUT2D eigenvalue weighted by atomic mass is 9.99. The molecule has 0 aliphatic carbocycles. The van der Waals surface area contributed by atoms with Crippen molar-refractivity contribution in [2.75, 3.05) is 0 Å². The lowest BCUT2D eigenvalue weighted by Gasteiger charge is -2.03. The molecule has 1 unspecified atom stereocenters. The zero-order chi connectivity index (χ0) is 18.1. The number of halogens is 1. The van der Waals surface area contributed by atoms with Crippen molar-refractivity contribution in [3.8, 4) is 26.5 Å². The van der Waals surface area contributed by atoms with Crippen LogP contribution in [0.1, 0.15) is 0 Å². The summed E-state index contributed by atoms with van der Waals surface area (Å²) in [5.74, 6) is 0. The van der Waals surface area contributed by atoms with Crippen molar-refractivity contribution in [1.82, 2.24) is 0 Å². The van der Waals surface area contributed by atoms with Gasteiger partial charge in [0.1, 0.15) is 0 Å². The molecule has 1 atom stereocenters. The third-order valence-electron chi connectivity index (χ3n) is 4.88. The van der Waals surface area contributed by atoms with E-state index in [1.54, 1.807) is 0 Å². The Kier molecular flexibility index (Phi) is 5.43. The van der Waals surface area contributed by atoms with Crippen LogP contribution in [0.2, 0.25) is 0 Å². The number of hydrogen-bond donors (Lipinski definition) is 0. The third-order valence-corrected chi connectivity index (χ3v) is 7.27. The van der Waals surface area contributed by atoms with E-state index in [0.717, 1.165) is 0 Å². The van der Waals surface area contributed by atoms with Gasteiger partial charge in [0, 0.05) is 21.4 Å². The Hall–Kier alpha value is -2.68. The van der Waals surface area contributed by atoms with E-state index in [2.05, 4.69) is 115 Å². The van der Waals surface area contributed by atoms with Crippen LogP contribution >= 0.6 is 10.5 Å². The summed E-state index contributed by atoms with van der Waals surface area (Å²) in [4.78, 5) is 2.80. The molecule has 4 aromatic carbocycles. The lowest BCUT2D eigenvalue weighted by Crippen LogP contribution is -3.00. The van der Waals surface area contributed by atoms with Crippen molar-refractivity contribution >= 4 is 20.6 Å². The van der Waals surface area contributed by atoms with E-state index in [0.29, 0.717) is 0 Å². The fourth-order valence-electron chi connectivity index (χ4n) is 3.73. The molecule has 5 rings (SSSR count). The van der Waals surface area contributed by atoms with Crippen molar-refractivity contribution in [2.45, 2.75) is 0 Å². The molecule has 2 heteroatoms. The highest BCUT2D eigenvalue weighted by Gasteiger charge is 2.30. The standard InChI is InChI=1S/C26H19S.BrH/c1-4-12-20(13-5-1)25-23-18-10-11-19-24(23)27(22-16-8-3-9-17-22)26(25)21-14-6-2-7-15-21;/h1-19H;1H/q+1;/p-1. The Morgan fingerprint density at radius 2 is 0.964 bits per heavy atom. The fraction of sp³-hybridized carbons (Fsp3) is 0. The van der Waals surface area contributed by atoms with Gasteiger partial charge in [0.25, 0.3) is 0 Å². The third kappa shape index (κ3) is 3.19. The van der Waals surface area contributed by atoms with E-state index in [9.17, 15) is 0 Å². The smallest absolute Gasteiger partial charge is 0.195 e. The van der Waals surface area contributed by atoms with Crippen LogP contribution < -0.4 is 17.0 Å². The van der Waals surface area contributed by atoms with E-state index < -0.39 is 0 Å². The van der Waals surface area contributed by atoms with Gasteiger partial charge in [-0.15, -0.1) is 0 Å². The minimum absolute atomic E-state index is 0. The summed E-state index contributed by atoms with van der Waals surface area (Å²) in [5, 5.41) is 1.36. The molecule has 0 radical (unpaired) electrons. The second-order valence-corrected chi connectivity index (χ2v) is 8.48. The average Bonchev–Trinajstić information content (AvgIpc) is 3.11. The first-order valence-corrected chi connectivity index (χ1v) is 10.4. The molecule has 0 N–H and O–H groups in total. The van der Waals surface area contributed by atoms with E-state index in [4.69, 9.17) is 0 Å². The Balaban J connectivity index is 0.00000192. The number of thiophene rings is 1. The maximum atomic E-state index is 2.30. The summed E-state index contributed by atoms with van der Waals surface area (Å²) in [6.45, 7) is 0. The second-order valence-electron chi connectivity index (χ2n) is 6.55. The predicted molar refractivity (Wildman–Crippen MR) is 119 cm³/mol. The summed E-state index contributed by atoms with van der Waals surface area (Å²) in [7, 11) is -0.105. The molecule has 1 heterocycles. The van der Waals surface area contributed by atoms with E-state index in [-0.39, 0.29) is 27.5 Å². The zero-order valence-corrected chi connectivity index (χ0v) is 17.7. The van der Waals surface area contributed by atoms with Crippen molar-refractivity contribution in [1.29, 1.82) is 0 Å². The normalized spacial score (nSPS) is 11.2. The number of fused-ring (bicyclic) bond motifs is 1. The molecule has 0 aliphatic heterocycles. The maximum absolute atomic E-state index is 2.30. The van der Waals surface area contributed by atoms with Gasteiger partial charge in [-0.1, -0.05) is 78.9 Å². The van der Waals surface area contributed by atoms with Crippen LogP contribution in [0, 0.1) is 0 Å². The molecule has 0 nitrogen and oxygen atoms in total. The molecule has 0 bridgehead atoms. The molecule has 28 heavy (non-hydrogen) atoms. The molecule has 0 spiro atoms. The van der Waals surface area contributed by atoms with Gasteiger partial charge >= 0.3 is 0 Å². The first-order chi connectivity index (χ1) is 13.4. The SMILES string of the molecule is [Br-].c1ccc(-c2c(-c3ccccc3)[s+](-c3ccccc3)c3ccccc23)cc1. The zero-order valence-electron chi connectivity index (χ0n) is 15.3. The van der Waals surface area contributed by atoms with Gasteiger partial charge in [-0.05, 0) is 42.0 Å². The Morgan fingerprint density at radius 1 is 0.464 bits per heavy atom. The van der Waals surface area contributed by atoms with Gasteiger partial charge < -0.3 is 17.0 Å². The molecule has 0 fully saturated rings. The average molecular weight is 443 g/mol. The highest BCUT2D eigenvalue weighted by Crippen LogP contribution is 2.55. The number of hydrogen-bond acceptors (Lipinski definition) is 0. The van der Waals surface area contributed by atoms with Gasteiger partial charge in [0.2, 0.25) is 0 Å². The van der Waals surface area contributed by atoms with E-state index >= 15 is 0 Å². The van der Waals surface area contributed by atoms with Crippen LogP contribution in [0.25, 0.3) is 36.5 Å². The molecule has 0 saturated carbocycles. The van der Waals surface area contributed by atoms with Crippen molar-refractivity contribution in [3.63, 3.8) is 0 Å². The van der Waals surface area contributed by atoms with Gasteiger partial charge in [0.05, 0.1) is 5.56 Å². The largest absolute Gasteiger partial charge is 1.00 e. The number of benzene rings is 4. The molecule has 5 aromatic rings. The quantitative estimate of drug-likeness (QED) is 0.348. The van der Waals surface area contributed by atoms with Crippen LogP contribution in [0.4, 0.5) is 0 Å². The molecular formula is C26H19BrS. The van der Waals surface area contributed by atoms with Crippen LogP contribution in [-0.4, -0.2) is 0 Å². The molecule has 0 aliphatic rings. The Bertz CT molecular complexity index is 1120. The summed E-state index contributed by atoms with van der Waals surface area (Å²) in [6.07, 6.45) is 0. The van der Waals surface area contributed by atoms with Crippen molar-refractivity contribution in [2.24, 2.45) is 0 Å². The highest BCUT2D eigenvalue weighted by molar-refractivity contribution is 7.48. The summed E-state index contributed by atoms with van der Waals surface area (Å²) < 4.78 is 1.42. The van der Waals surface area contributed by atoms with Crippen LogP contribution in [0.3, 0.4) is 0 Å². The molecular weight excluding hydrogens is 424 g/mol. The summed E-state index contributed by atoms with van der Waals surface area (Å²) in [6, 6.07) is 41.5. The predicted octanol–water partition coefficient (Wildman–Crippen LogP) is 4.92. The number of rotatable bonds is 3. The Labute approximate surface area is 178 Å². The van der Waals surface area contributed by atoms with Gasteiger partial charge in [-0.2, -0.15) is 0 Å². The second kappa shape index (κ2) is 8.14. The molecule has 0 saturated heterocycles. The van der Waals surface area contributed by atoms with Gasteiger partial charge in [0.15, 0.2) is 14.5 Å². The van der Waals surface area contributed by atoms with E-state index in [1.807, 2.05) is 0 Å². The van der Waals surface area contributed by atoms with Gasteiger partial charge in [-0.25, -0.2) is 0 Å². The summed E-state index contributed by atoms with van der Waals surface area (Å²) >= 11 is 0. The minimum Gasteiger partial charge on any atom is -1.00 e. The topological polar surface area (TPSA) is 0 Å². The minimum atomic E-state index is -0.105. The first kappa shape index (κ1) is 18.7. The lowest BCUT2D eigenvalue weighted by molar-refractivity contribution is -0.00000499. The molecule has 0 amide bonds. The van der Waals surface area contributed by atoms with Crippen LogP contribution in [-0.2, 0) is 0 Å². The van der Waals surface area contributed by atoms with E-state index in [1.165, 1.54) is 36.5 Å². The van der Waals surface area contributed by atoms with Crippen molar-refractivity contribution in [3.05, 3.63) is 115 Å².